The van der Waals surface area contributed by atoms with Crippen molar-refractivity contribution in [3.05, 3.63) is 29.3 Å². The van der Waals surface area contributed by atoms with Crippen molar-refractivity contribution in [2.75, 3.05) is 20.3 Å². The van der Waals surface area contributed by atoms with E-state index in [9.17, 15) is 0 Å². The molecule has 1 aliphatic heterocycles. The van der Waals surface area contributed by atoms with Gasteiger partial charge in [0.15, 0.2) is 0 Å². The van der Waals surface area contributed by atoms with Gasteiger partial charge in [-0.1, -0.05) is 12.1 Å². The highest BCUT2D eigenvalue weighted by atomic mass is 16.5. The zero-order chi connectivity index (χ0) is 11.4. The van der Waals surface area contributed by atoms with E-state index in [4.69, 9.17) is 9.47 Å². The molecule has 2 rings (SSSR count). The van der Waals surface area contributed by atoms with E-state index < -0.39 is 0 Å². The van der Waals surface area contributed by atoms with Crippen LogP contribution in [0.15, 0.2) is 18.2 Å². The second-order valence-electron chi connectivity index (χ2n) is 4.26. The van der Waals surface area contributed by atoms with Crippen molar-refractivity contribution in [2.24, 2.45) is 0 Å². The minimum Gasteiger partial charge on any atom is -0.496 e. The predicted octanol–water partition coefficient (Wildman–Crippen LogP) is 1.88. The fraction of sp³-hybridized carbons (Fsp3) is 0.538. The van der Waals surface area contributed by atoms with Crippen molar-refractivity contribution in [3.8, 4) is 5.75 Å². The van der Waals surface area contributed by atoms with Crippen molar-refractivity contribution < 1.29 is 9.47 Å². The highest BCUT2D eigenvalue weighted by Gasteiger charge is 2.15. The zero-order valence-electron chi connectivity index (χ0n) is 9.95. The first-order valence-corrected chi connectivity index (χ1v) is 5.74. The van der Waals surface area contributed by atoms with E-state index in [1.165, 1.54) is 11.1 Å². The number of nitrogens with one attached hydrogen (secondary N) is 1. The van der Waals surface area contributed by atoms with Crippen LogP contribution in [0.3, 0.4) is 0 Å². The molecule has 0 bridgehead atoms. The molecule has 16 heavy (non-hydrogen) atoms. The number of rotatable bonds is 4. The molecule has 1 aromatic carbocycles. The summed E-state index contributed by atoms with van der Waals surface area (Å²) in [5.74, 6) is 0.964. The number of methoxy groups -OCH3 is 1. The third kappa shape index (κ3) is 2.74. The van der Waals surface area contributed by atoms with Gasteiger partial charge in [-0.25, -0.2) is 0 Å². The average molecular weight is 221 g/mol. The van der Waals surface area contributed by atoms with E-state index in [0.717, 1.165) is 31.9 Å². The molecule has 0 aromatic heterocycles. The summed E-state index contributed by atoms with van der Waals surface area (Å²) in [4.78, 5) is 0. The molecule has 3 nitrogen and oxygen atoms in total. The molecule has 1 aliphatic rings. The molecule has 1 N–H and O–H groups in total. The summed E-state index contributed by atoms with van der Waals surface area (Å²) in [5.41, 5.74) is 2.43. The monoisotopic (exact) mass is 221 g/mol. The molecule has 88 valence electrons. The SMILES string of the molecule is COc1cc(C)ccc1CNC1CCOC1. The fourth-order valence-electron chi connectivity index (χ4n) is 1.95. The molecule has 0 saturated carbocycles. The number of aryl methyl sites for hydroxylation is 1. The normalized spacial score (nSPS) is 20.0. The van der Waals surface area contributed by atoms with E-state index in [0.29, 0.717) is 6.04 Å². The number of hydrogen-bond acceptors (Lipinski definition) is 3. The summed E-state index contributed by atoms with van der Waals surface area (Å²) in [6, 6.07) is 6.80. The van der Waals surface area contributed by atoms with Gasteiger partial charge >= 0.3 is 0 Å². The Morgan fingerprint density at radius 2 is 2.38 bits per heavy atom. The molecule has 1 unspecified atom stereocenters. The van der Waals surface area contributed by atoms with Crippen LogP contribution in [0.1, 0.15) is 17.5 Å². The van der Waals surface area contributed by atoms with Crippen LogP contribution in [0, 0.1) is 6.92 Å². The Bertz CT molecular complexity index is 346. The lowest BCUT2D eigenvalue weighted by Crippen LogP contribution is -2.28. The van der Waals surface area contributed by atoms with E-state index >= 15 is 0 Å². The first-order valence-electron chi connectivity index (χ1n) is 5.74. The Morgan fingerprint density at radius 1 is 1.50 bits per heavy atom. The Kier molecular flexibility index (Phi) is 3.80. The van der Waals surface area contributed by atoms with E-state index in [-0.39, 0.29) is 0 Å². The average Bonchev–Trinajstić information content (AvgIpc) is 2.80. The standard InChI is InChI=1S/C13H19NO2/c1-10-3-4-11(13(7-10)15-2)8-14-12-5-6-16-9-12/h3-4,7,12,14H,5-6,8-9H2,1-2H3. The van der Waals surface area contributed by atoms with Gasteiger partial charge in [-0.3, -0.25) is 0 Å². The fourth-order valence-corrected chi connectivity index (χ4v) is 1.95. The Balaban J connectivity index is 1.97. The minimum atomic E-state index is 0.492. The molecular formula is C13H19NO2. The second-order valence-corrected chi connectivity index (χ2v) is 4.26. The molecule has 3 heteroatoms. The third-order valence-corrected chi connectivity index (χ3v) is 2.95. The van der Waals surface area contributed by atoms with Crippen LogP contribution < -0.4 is 10.1 Å². The molecule has 0 amide bonds. The Hall–Kier alpha value is -1.06. The first kappa shape index (κ1) is 11.4. The topological polar surface area (TPSA) is 30.5 Å². The number of ether oxygens (including phenoxy) is 2. The van der Waals surface area contributed by atoms with E-state index in [1.807, 2.05) is 0 Å². The van der Waals surface area contributed by atoms with Crippen LogP contribution in [0.2, 0.25) is 0 Å². The molecule has 1 saturated heterocycles. The second kappa shape index (κ2) is 5.32. The van der Waals surface area contributed by atoms with Gasteiger partial charge in [0.1, 0.15) is 5.75 Å². The molecule has 0 spiro atoms. The zero-order valence-corrected chi connectivity index (χ0v) is 9.95. The quantitative estimate of drug-likeness (QED) is 0.842. The van der Waals surface area contributed by atoms with Crippen LogP contribution in [-0.4, -0.2) is 26.4 Å². The van der Waals surface area contributed by atoms with Gasteiger partial charge in [0.05, 0.1) is 13.7 Å². The summed E-state index contributed by atoms with van der Waals surface area (Å²) in [6.45, 7) is 4.62. The van der Waals surface area contributed by atoms with Gasteiger partial charge in [-0.15, -0.1) is 0 Å². The van der Waals surface area contributed by atoms with E-state index in [2.05, 4.69) is 30.4 Å². The maximum absolute atomic E-state index is 5.37. The first-order chi connectivity index (χ1) is 7.79. The summed E-state index contributed by atoms with van der Waals surface area (Å²) < 4.78 is 10.7. The Morgan fingerprint density at radius 3 is 3.06 bits per heavy atom. The summed E-state index contributed by atoms with van der Waals surface area (Å²) in [5, 5.41) is 3.49. The molecule has 1 aromatic rings. The highest BCUT2D eigenvalue weighted by molar-refractivity contribution is 5.37. The number of benzene rings is 1. The molecule has 1 heterocycles. The van der Waals surface area contributed by atoms with Crippen LogP contribution in [-0.2, 0) is 11.3 Å². The van der Waals surface area contributed by atoms with Gasteiger partial charge in [0, 0.05) is 24.8 Å². The summed E-state index contributed by atoms with van der Waals surface area (Å²) >= 11 is 0. The minimum absolute atomic E-state index is 0.492. The van der Waals surface area contributed by atoms with Gasteiger partial charge in [0.25, 0.3) is 0 Å². The van der Waals surface area contributed by atoms with Crippen molar-refractivity contribution in [1.29, 1.82) is 0 Å². The van der Waals surface area contributed by atoms with Gasteiger partial charge in [-0.2, -0.15) is 0 Å². The third-order valence-electron chi connectivity index (χ3n) is 2.95. The molecule has 0 radical (unpaired) electrons. The lowest BCUT2D eigenvalue weighted by molar-refractivity contribution is 0.189. The highest BCUT2D eigenvalue weighted by Crippen LogP contribution is 2.20. The molecule has 0 aliphatic carbocycles. The van der Waals surface area contributed by atoms with Crippen molar-refractivity contribution in [3.63, 3.8) is 0 Å². The molecular weight excluding hydrogens is 202 g/mol. The van der Waals surface area contributed by atoms with Crippen LogP contribution in [0.25, 0.3) is 0 Å². The van der Waals surface area contributed by atoms with Crippen LogP contribution in [0.5, 0.6) is 5.75 Å². The molecule has 1 atom stereocenters. The summed E-state index contributed by atoms with van der Waals surface area (Å²) in [7, 11) is 1.72. The van der Waals surface area contributed by atoms with Crippen LogP contribution >= 0.6 is 0 Å². The van der Waals surface area contributed by atoms with Crippen molar-refractivity contribution >= 4 is 0 Å². The lowest BCUT2D eigenvalue weighted by Gasteiger charge is -2.13. The Labute approximate surface area is 96.8 Å². The largest absolute Gasteiger partial charge is 0.496 e. The van der Waals surface area contributed by atoms with Crippen LogP contribution in [0.4, 0.5) is 0 Å². The van der Waals surface area contributed by atoms with Gasteiger partial charge in [0.2, 0.25) is 0 Å². The predicted molar refractivity (Wildman–Crippen MR) is 63.8 cm³/mol. The van der Waals surface area contributed by atoms with E-state index in [1.54, 1.807) is 7.11 Å². The van der Waals surface area contributed by atoms with Gasteiger partial charge < -0.3 is 14.8 Å². The van der Waals surface area contributed by atoms with Crippen molar-refractivity contribution in [1.82, 2.24) is 5.32 Å². The summed E-state index contributed by atoms with van der Waals surface area (Å²) in [6.07, 6.45) is 1.11. The maximum Gasteiger partial charge on any atom is 0.123 e. The maximum atomic E-state index is 5.37. The molecule has 1 fully saturated rings. The number of hydrogen-bond donors (Lipinski definition) is 1. The lowest BCUT2D eigenvalue weighted by atomic mass is 10.1. The smallest absolute Gasteiger partial charge is 0.123 e. The van der Waals surface area contributed by atoms with Crippen molar-refractivity contribution in [2.45, 2.75) is 25.9 Å². The van der Waals surface area contributed by atoms with Gasteiger partial charge in [-0.05, 0) is 25.0 Å².